The molecule has 190 valence electrons. The van der Waals surface area contributed by atoms with E-state index in [4.69, 9.17) is 9.47 Å². The lowest BCUT2D eigenvalue weighted by atomic mass is 10.0. The van der Waals surface area contributed by atoms with Crippen LogP contribution in [0.15, 0.2) is 84.4 Å². The van der Waals surface area contributed by atoms with Gasteiger partial charge in [-0.15, -0.1) is 0 Å². The van der Waals surface area contributed by atoms with Crippen LogP contribution in [0.5, 0.6) is 11.5 Å². The highest BCUT2D eigenvalue weighted by molar-refractivity contribution is 6.39. The zero-order valence-electron chi connectivity index (χ0n) is 20.7. The van der Waals surface area contributed by atoms with Crippen molar-refractivity contribution in [3.8, 4) is 11.5 Å². The highest BCUT2D eigenvalue weighted by Crippen LogP contribution is 2.31. The van der Waals surface area contributed by atoms with Gasteiger partial charge in [-0.2, -0.15) is 0 Å². The van der Waals surface area contributed by atoms with Crippen molar-refractivity contribution in [1.29, 1.82) is 0 Å². The van der Waals surface area contributed by atoms with Gasteiger partial charge < -0.3 is 9.47 Å². The Morgan fingerprint density at radius 1 is 0.947 bits per heavy atom. The van der Waals surface area contributed by atoms with Crippen molar-refractivity contribution in [3.63, 3.8) is 0 Å². The number of benzene rings is 4. The predicted octanol–water partition coefficient (Wildman–Crippen LogP) is 5.54. The molecule has 0 radical (unpaired) electrons. The summed E-state index contributed by atoms with van der Waals surface area (Å²) in [7, 11) is 1.52. The largest absolute Gasteiger partial charge is 0.497 e. The number of amides is 4. The number of halogens is 1. The number of ether oxygens (including phenoxy) is 2. The van der Waals surface area contributed by atoms with Crippen LogP contribution in [0, 0.1) is 12.7 Å². The van der Waals surface area contributed by atoms with Crippen molar-refractivity contribution >= 4 is 40.4 Å². The van der Waals surface area contributed by atoms with E-state index in [1.807, 2.05) is 43.3 Å². The molecule has 7 nitrogen and oxygen atoms in total. The molecule has 1 fully saturated rings. The van der Waals surface area contributed by atoms with Gasteiger partial charge in [0.15, 0.2) is 0 Å². The van der Waals surface area contributed by atoms with Crippen LogP contribution in [-0.2, 0) is 16.2 Å². The van der Waals surface area contributed by atoms with Gasteiger partial charge in [0.2, 0.25) is 0 Å². The van der Waals surface area contributed by atoms with Crippen LogP contribution in [0.4, 0.5) is 14.9 Å². The number of nitrogens with one attached hydrogen (secondary N) is 1. The molecule has 0 aliphatic carbocycles. The summed E-state index contributed by atoms with van der Waals surface area (Å²) in [4.78, 5) is 39.0. The average Bonchev–Trinajstić information content (AvgIpc) is 2.91. The van der Waals surface area contributed by atoms with E-state index in [0.717, 1.165) is 28.0 Å². The Balaban J connectivity index is 1.52. The summed E-state index contributed by atoms with van der Waals surface area (Å²) < 4.78 is 26.0. The second-order valence-corrected chi connectivity index (χ2v) is 8.68. The van der Waals surface area contributed by atoms with E-state index < -0.39 is 23.7 Å². The van der Waals surface area contributed by atoms with E-state index in [1.54, 1.807) is 18.2 Å². The number of para-hydroxylation sites is 1. The maximum atomic E-state index is 14.4. The summed E-state index contributed by atoms with van der Waals surface area (Å²) in [5.41, 5.74) is 1.85. The van der Waals surface area contributed by atoms with E-state index in [2.05, 4.69) is 5.32 Å². The minimum absolute atomic E-state index is 0.219. The van der Waals surface area contributed by atoms with Crippen molar-refractivity contribution in [2.45, 2.75) is 13.5 Å². The number of imide groups is 2. The molecular formula is C30H23FN2O5. The second kappa shape index (κ2) is 10.2. The van der Waals surface area contributed by atoms with Crippen LogP contribution < -0.4 is 19.7 Å². The number of carbonyl (C=O) groups is 3. The molecule has 0 unspecified atom stereocenters. The Morgan fingerprint density at radius 3 is 2.50 bits per heavy atom. The van der Waals surface area contributed by atoms with Crippen molar-refractivity contribution in [1.82, 2.24) is 5.32 Å². The van der Waals surface area contributed by atoms with Gasteiger partial charge in [0.05, 0.1) is 12.8 Å². The summed E-state index contributed by atoms with van der Waals surface area (Å²) in [5, 5.41) is 4.24. The van der Waals surface area contributed by atoms with Crippen molar-refractivity contribution < 1.29 is 28.2 Å². The molecule has 0 saturated carbocycles. The van der Waals surface area contributed by atoms with E-state index in [1.165, 1.54) is 31.4 Å². The summed E-state index contributed by atoms with van der Waals surface area (Å²) in [6.45, 7) is 2.22. The number of hydrogen-bond acceptors (Lipinski definition) is 5. The number of carbonyl (C=O) groups excluding carboxylic acids is 3. The standard InChI is InChI=1S/C30H23FN2O5/c1-18-11-12-19-7-3-4-8-22(19)24(18)17-38-27-16-21(37-2)14-13-20(27)15-23-28(34)32-30(36)33(29(23)35)26-10-6-5-9-25(26)31/h3-16H,17H2,1-2H3,(H,32,34,36)/b23-15-. The first-order valence-corrected chi connectivity index (χ1v) is 11.8. The molecule has 1 N–H and O–H groups in total. The molecule has 4 amide bonds. The van der Waals surface area contributed by atoms with E-state index in [9.17, 15) is 18.8 Å². The lowest BCUT2D eigenvalue weighted by Crippen LogP contribution is -2.54. The van der Waals surface area contributed by atoms with Crippen molar-refractivity contribution in [3.05, 3.63) is 107 Å². The van der Waals surface area contributed by atoms with Gasteiger partial charge in [-0.3, -0.25) is 14.9 Å². The molecule has 1 aliphatic rings. The van der Waals surface area contributed by atoms with Gasteiger partial charge in [0.25, 0.3) is 11.8 Å². The zero-order chi connectivity index (χ0) is 26.8. The van der Waals surface area contributed by atoms with Gasteiger partial charge in [0.1, 0.15) is 29.5 Å². The molecule has 0 bridgehead atoms. The topological polar surface area (TPSA) is 84.9 Å². The first-order valence-electron chi connectivity index (χ1n) is 11.8. The van der Waals surface area contributed by atoms with Gasteiger partial charge in [-0.1, -0.05) is 48.5 Å². The van der Waals surface area contributed by atoms with Gasteiger partial charge in [0, 0.05) is 17.2 Å². The average molecular weight is 511 g/mol. The van der Waals surface area contributed by atoms with Crippen LogP contribution in [-0.4, -0.2) is 25.0 Å². The molecule has 0 spiro atoms. The van der Waals surface area contributed by atoms with E-state index >= 15 is 0 Å². The number of aryl methyl sites for hydroxylation is 1. The summed E-state index contributed by atoms with van der Waals surface area (Å²) in [6.07, 6.45) is 1.32. The molecular weight excluding hydrogens is 487 g/mol. The number of urea groups is 1. The number of methoxy groups -OCH3 is 1. The molecule has 1 saturated heterocycles. The third kappa shape index (κ3) is 4.59. The number of barbiturate groups is 1. The fraction of sp³-hybridized carbons (Fsp3) is 0.100. The summed E-state index contributed by atoms with van der Waals surface area (Å²) in [5.74, 6) is -1.74. The zero-order valence-corrected chi connectivity index (χ0v) is 20.7. The minimum Gasteiger partial charge on any atom is -0.497 e. The monoisotopic (exact) mass is 510 g/mol. The predicted molar refractivity (Wildman–Crippen MR) is 141 cm³/mol. The van der Waals surface area contributed by atoms with Gasteiger partial charge in [-0.25, -0.2) is 14.1 Å². The Hall–Kier alpha value is -4.98. The lowest BCUT2D eigenvalue weighted by molar-refractivity contribution is -0.122. The number of fused-ring (bicyclic) bond motifs is 1. The second-order valence-electron chi connectivity index (χ2n) is 8.68. The molecule has 4 aromatic rings. The van der Waals surface area contributed by atoms with Crippen LogP contribution in [0.25, 0.3) is 16.8 Å². The fourth-order valence-electron chi connectivity index (χ4n) is 4.34. The molecule has 1 heterocycles. The third-order valence-electron chi connectivity index (χ3n) is 6.36. The Kier molecular flexibility index (Phi) is 6.62. The quantitative estimate of drug-likeness (QED) is 0.272. The number of nitrogens with zero attached hydrogens (tertiary/aromatic N) is 1. The fourth-order valence-corrected chi connectivity index (χ4v) is 4.34. The highest BCUT2D eigenvalue weighted by Gasteiger charge is 2.38. The number of rotatable bonds is 6. The normalized spacial score (nSPS) is 14.7. The SMILES string of the molecule is COc1ccc(/C=C2/C(=O)NC(=O)N(c3ccccc3F)C2=O)c(OCc2c(C)ccc3ccccc23)c1. The Morgan fingerprint density at radius 2 is 1.71 bits per heavy atom. The molecule has 38 heavy (non-hydrogen) atoms. The molecule has 4 aromatic carbocycles. The minimum atomic E-state index is -1.03. The van der Waals surface area contributed by atoms with Gasteiger partial charge >= 0.3 is 6.03 Å². The van der Waals surface area contributed by atoms with Crippen LogP contribution >= 0.6 is 0 Å². The molecule has 0 aromatic heterocycles. The van der Waals surface area contributed by atoms with E-state index in [-0.39, 0.29) is 17.9 Å². The van der Waals surface area contributed by atoms with Gasteiger partial charge in [-0.05, 0) is 53.6 Å². The van der Waals surface area contributed by atoms with Crippen LogP contribution in [0.2, 0.25) is 0 Å². The number of hydrogen-bond donors (Lipinski definition) is 1. The summed E-state index contributed by atoms with van der Waals surface area (Å²) in [6, 6.07) is 21.3. The van der Waals surface area contributed by atoms with Crippen molar-refractivity contribution in [2.24, 2.45) is 0 Å². The first kappa shape index (κ1) is 24.7. The molecule has 1 aliphatic heterocycles. The van der Waals surface area contributed by atoms with Crippen LogP contribution in [0.3, 0.4) is 0 Å². The van der Waals surface area contributed by atoms with Crippen molar-refractivity contribution in [2.75, 3.05) is 12.0 Å². The van der Waals surface area contributed by atoms with Crippen LogP contribution in [0.1, 0.15) is 16.7 Å². The third-order valence-corrected chi connectivity index (χ3v) is 6.36. The molecule has 5 rings (SSSR count). The maximum Gasteiger partial charge on any atom is 0.336 e. The number of anilines is 1. The first-order chi connectivity index (χ1) is 18.4. The van der Waals surface area contributed by atoms with E-state index in [0.29, 0.717) is 22.0 Å². The smallest absolute Gasteiger partial charge is 0.336 e. The Bertz CT molecular complexity index is 1630. The Labute approximate surface area is 218 Å². The summed E-state index contributed by atoms with van der Waals surface area (Å²) >= 11 is 0. The lowest BCUT2D eigenvalue weighted by Gasteiger charge is -2.26. The maximum absolute atomic E-state index is 14.4. The molecule has 0 atom stereocenters. The highest BCUT2D eigenvalue weighted by atomic mass is 19.1. The molecule has 8 heteroatoms.